The Morgan fingerprint density at radius 2 is 1.78 bits per heavy atom. The van der Waals surface area contributed by atoms with Crippen molar-refractivity contribution in [2.24, 2.45) is 0 Å². The van der Waals surface area contributed by atoms with E-state index in [4.69, 9.17) is 0 Å². The summed E-state index contributed by atoms with van der Waals surface area (Å²) in [5, 5.41) is 0. The molecule has 3 rings (SSSR count). The number of alkyl halides is 3. The smallest absolute Gasteiger partial charge is 0.300 e. The first kappa shape index (κ1) is 15.3. The van der Waals surface area contributed by atoms with E-state index >= 15 is 0 Å². The Morgan fingerprint density at radius 1 is 1.04 bits per heavy atom. The fraction of sp³-hybridized carbons (Fsp3) is 0.176. The van der Waals surface area contributed by atoms with Crippen molar-refractivity contribution in [2.75, 3.05) is 4.90 Å². The van der Waals surface area contributed by atoms with Gasteiger partial charge in [-0.25, -0.2) is 0 Å². The third-order valence-electron chi connectivity index (χ3n) is 3.72. The molecule has 0 spiro atoms. The number of Topliss-reactive ketones (excluding diaryl/α,β-unsaturated/α-hetero) is 1. The summed E-state index contributed by atoms with van der Waals surface area (Å²) in [6.45, 7) is 1.72. The van der Waals surface area contributed by atoms with Gasteiger partial charge in [0.2, 0.25) is 0 Å². The summed E-state index contributed by atoms with van der Waals surface area (Å²) in [7, 11) is 0. The van der Waals surface area contributed by atoms with Crippen molar-refractivity contribution < 1.29 is 22.8 Å². The highest BCUT2D eigenvalue weighted by Gasteiger charge is 2.36. The summed E-state index contributed by atoms with van der Waals surface area (Å²) in [5.41, 5.74) is 1.10. The van der Waals surface area contributed by atoms with E-state index in [1.54, 1.807) is 25.1 Å². The molecule has 0 bridgehead atoms. The standard InChI is InChI=1S/C17H12F3NO2/c1-10-5-6-14-13(7-10)15(22)16(23)21(14)9-11-3-2-4-12(8-11)17(18,19)20/h2-8H,9H2,1H3. The first-order valence-electron chi connectivity index (χ1n) is 6.90. The zero-order valence-corrected chi connectivity index (χ0v) is 12.1. The predicted molar refractivity (Wildman–Crippen MR) is 78.1 cm³/mol. The molecule has 1 amide bonds. The van der Waals surface area contributed by atoms with Crippen LogP contribution in [0.2, 0.25) is 0 Å². The van der Waals surface area contributed by atoms with Crippen LogP contribution in [0.25, 0.3) is 0 Å². The lowest BCUT2D eigenvalue weighted by molar-refractivity contribution is -0.137. The van der Waals surface area contributed by atoms with E-state index in [9.17, 15) is 22.8 Å². The van der Waals surface area contributed by atoms with Gasteiger partial charge in [0.25, 0.3) is 11.7 Å². The van der Waals surface area contributed by atoms with Gasteiger partial charge in [-0.05, 0) is 36.8 Å². The molecule has 0 saturated heterocycles. The second kappa shape index (κ2) is 5.22. The molecule has 0 aliphatic carbocycles. The van der Waals surface area contributed by atoms with Crippen LogP contribution in [0, 0.1) is 6.92 Å². The highest BCUT2D eigenvalue weighted by atomic mass is 19.4. The van der Waals surface area contributed by atoms with Crippen molar-refractivity contribution in [2.45, 2.75) is 19.6 Å². The zero-order valence-electron chi connectivity index (χ0n) is 12.1. The number of fused-ring (bicyclic) bond motifs is 1. The number of carbonyl (C=O) groups excluding carboxylic acids is 2. The third-order valence-corrected chi connectivity index (χ3v) is 3.72. The third kappa shape index (κ3) is 2.72. The molecular formula is C17H12F3NO2. The molecule has 0 atom stereocenters. The lowest BCUT2D eigenvalue weighted by Gasteiger charge is -2.17. The number of hydrogen-bond donors (Lipinski definition) is 0. The number of anilines is 1. The van der Waals surface area contributed by atoms with Crippen molar-refractivity contribution in [1.29, 1.82) is 0 Å². The average Bonchev–Trinajstić information content (AvgIpc) is 2.72. The van der Waals surface area contributed by atoms with Gasteiger partial charge < -0.3 is 4.90 Å². The van der Waals surface area contributed by atoms with Gasteiger partial charge in [0.05, 0.1) is 23.4 Å². The molecule has 0 unspecified atom stereocenters. The van der Waals surface area contributed by atoms with E-state index < -0.39 is 23.4 Å². The molecule has 0 aromatic heterocycles. The fourth-order valence-electron chi connectivity index (χ4n) is 2.60. The summed E-state index contributed by atoms with van der Waals surface area (Å²) in [4.78, 5) is 25.3. The summed E-state index contributed by atoms with van der Waals surface area (Å²) < 4.78 is 38.3. The molecule has 1 aliphatic rings. The second-order valence-corrected chi connectivity index (χ2v) is 5.44. The lowest BCUT2D eigenvalue weighted by atomic mass is 10.1. The second-order valence-electron chi connectivity index (χ2n) is 5.44. The van der Waals surface area contributed by atoms with Crippen LogP contribution < -0.4 is 4.90 Å². The molecule has 23 heavy (non-hydrogen) atoms. The molecule has 118 valence electrons. The van der Waals surface area contributed by atoms with Gasteiger partial charge in [0.15, 0.2) is 0 Å². The van der Waals surface area contributed by atoms with Crippen LogP contribution in [0.15, 0.2) is 42.5 Å². The Kier molecular flexibility index (Phi) is 3.47. The van der Waals surface area contributed by atoms with Gasteiger partial charge in [-0.3, -0.25) is 9.59 Å². The molecule has 0 N–H and O–H groups in total. The normalized spacial score (nSPS) is 14.3. The summed E-state index contributed by atoms with van der Waals surface area (Å²) in [6.07, 6.45) is -4.45. The molecule has 1 heterocycles. The fourth-order valence-corrected chi connectivity index (χ4v) is 2.60. The maximum atomic E-state index is 12.8. The van der Waals surface area contributed by atoms with Crippen LogP contribution in [-0.4, -0.2) is 11.7 Å². The van der Waals surface area contributed by atoms with Crippen LogP contribution in [0.3, 0.4) is 0 Å². The van der Waals surface area contributed by atoms with Gasteiger partial charge in [-0.15, -0.1) is 0 Å². The molecule has 6 heteroatoms. The maximum absolute atomic E-state index is 12.8. The minimum atomic E-state index is -4.45. The minimum absolute atomic E-state index is 0.0788. The molecule has 3 nitrogen and oxygen atoms in total. The SMILES string of the molecule is Cc1ccc2c(c1)C(=O)C(=O)N2Cc1cccc(C(F)(F)F)c1. The predicted octanol–water partition coefficient (Wildman–Crippen LogP) is 3.74. The van der Waals surface area contributed by atoms with E-state index in [1.807, 2.05) is 0 Å². The number of carbonyl (C=O) groups is 2. The molecular weight excluding hydrogens is 307 g/mol. The quantitative estimate of drug-likeness (QED) is 0.791. The highest BCUT2D eigenvalue weighted by molar-refractivity contribution is 6.52. The number of ketones is 1. The number of aryl methyl sites for hydroxylation is 1. The van der Waals surface area contributed by atoms with Crippen LogP contribution in [0.5, 0.6) is 0 Å². The Morgan fingerprint density at radius 3 is 2.48 bits per heavy atom. The molecule has 0 radical (unpaired) electrons. The first-order valence-corrected chi connectivity index (χ1v) is 6.90. The van der Waals surface area contributed by atoms with E-state index in [0.717, 1.165) is 17.7 Å². The number of benzene rings is 2. The largest absolute Gasteiger partial charge is 0.416 e. The number of halogens is 3. The average molecular weight is 319 g/mol. The van der Waals surface area contributed by atoms with E-state index in [-0.39, 0.29) is 6.54 Å². The lowest BCUT2D eigenvalue weighted by Crippen LogP contribution is -2.29. The first-order chi connectivity index (χ1) is 10.8. The number of nitrogens with zero attached hydrogens (tertiary/aromatic N) is 1. The van der Waals surface area contributed by atoms with Gasteiger partial charge in [0, 0.05) is 0 Å². The minimum Gasteiger partial charge on any atom is -0.300 e. The molecule has 0 fully saturated rings. The summed E-state index contributed by atoms with van der Waals surface area (Å²) in [5.74, 6) is -1.35. The van der Waals surface area contributed by atoms with Crippen LogP contribution >= 0.6 is 0 Å². The Balaban J connectivity index is 1.96. The summed E-state index contributed by atoms with van der Waals surface area (Å²) in [6, 6.07) is 9.75. The van der Waals surface area contributed by atoms with Crippen LogP contribution in [0.1, 0.15) is 27.0 Å². The van der Waals surface area contributed by atoms with Crippen LogP contribution in [0.4, 0.5) is 18.9 Å². The molecule has 1 aliphatic heterocycles. The van der Waals surface area contributed by atoms with Crippen molar-refractivity contribution in [3.63, 3.8) is 0 Å². The van der Waals surface area contributed by atoms with Gasteiger partial charge in [-0.1, -0.05) is 23.8 Å². The van der Waals surface area contributed by atoms with Gasteiger partial charge in [0.1, 0.15) is 0 Å². The van der Waals surface area contributed by atoms with E-state index in [2.05, 4.69) is 0 Å². The molecule has 2 aromatic rings. The summed E-state index contributed by atoms with van der Waals surface area (Å²) >= 11 is 0. The number of hydrogen-bond acceptors (Lipinski definition) is 2. The molecule has 0 saturated carbocycles. The highest BCUT2D eigenvalue weighted by Crippen LogP contribution is 2.33. The topological polar surface area (TPSA) is 37.4 Å². The van der Waals surface area contributed by atoms with Gasteiger partial charge in [-0.2, -0.15) is 13.2 Å². The van der Waals surface area contributed by atoms with Crippen molar-refractivity contribution in [3.05, 3.63) is 64.7 Å². The number of amides is 1. The van der Waals surface area contributed by atoms with Gasteiger partial charge >= 0.3 is 6.18 Å². The molecule has 2 aromatic carbocycles. The monoisotopic (exact) mass is 319 g/mol. The Hall–Kier alpha value is -2.63. The van der Waals surface area contributed by atoms with Crippen molar-refractivity contribution >= 4 is 17.4 Å². The Bertz CT molecular complexity index is 812. The van der Waals surface area contributed by atoms with Crippen LogP contribution in [-0.2, 0) is 17.5 Å². The van der Waals surface area contributed by atoms with Crippen molar-refractivity contribution in [3.8, 4) is 0 Å². The Labute approximate surface area is 130 Å². The van der Waals surface area contributed by atoms with E-state index in [0.29, 0.717) is 16.8 Å². The maximum Gasteiger partial charge on any atom is 0.416 e. The van der Waals surface area contributed by atoms with E-state index in [1.165, 1.54) is 17.0 Å². The number of rotatable bonds is 2. The zero-order chi connectivity index (χ0) is 16.8. The van der Waals surface area contributed by atoms with Crippen molar-refractivity contribution in [1.82, 2.24) is 0 Å².